The van der Waals surface area contributed by atoms with E-state index in [1.54, 1.807) is 0 Å². The smallest absolute Gasteiger partial charge is 0.182 e. The highest BCUT2D eigenvalue weighted by atomic mass is 35.5. The highest BCUT2D eigenvalue weighted by molar-refractivity contribution is 7.80. The van der Waals surface area contributed by atoms with Crippen molar-refractivity contribution in [1.29, 1.82) is 0 Å². The Morgan fingerprint density at radius 3 is 2.48 bits per heavy atom. The van der Waals surface area contributed by atoms with Gasteiger partial charge >= 0.3 is 0 Å². The first-order valence-electron chi connectivity index (χ1n) is 5.85. The lowest BCUT2D eigenvalue weighted by atomic mass is 10.1. The van der Waals surface area contributed by atoms with Crippen LogP contribution in [0.2, 0.25) is 5.02 Å². The van der Waals surface area contributed by atoms with Crippen LogP contribution in [-0.2, 0) is 6.54 Å². The van der Waals surface area contributed by atoms with Crippen molar-refractivity contribution in [2.75, 3.05) is 5.32 Å². The molecule has 0 aromatic heterocycles. The highest BCUT2D eigenvalue weighted by Crippen LogP contribution is 2.22. The van der Waals surface area contributed by atoms with Crippen molar-refractivity contribution in [2.45, 2.75) is 6.54 Å². The normalized spacial score (nSPS) is 10.5. The number of anilines is 1. The molecule has 0 amide bonds. The van der Waals surface area contributed by atoms with Crippen LogP contribution in [0, 0.1) is 17.5 Å². The molecule has 2 aromatic carbocycles. The van der Waals surface area contributed by atoms with E-state index in [0.29, 0.717) is 5.56 Å². The van der Waals surface area contributed by atoms with Gasteiger partial charge in [0.2, 0.25) is 0 Å². The molecule has 0 saturated carbocycles. The van der Waals surface area contributed by atoms with Gasteiger partial charge in [-0.15, -0.1) is 0 Å². The maximum atomic E-state index is 13.8. The van der Waals surface area contributed by atoms with Crippen LogP contribution in [0.3, 0.4) is 0 Å². The van der Waals surface area contributed by atoms with Gasteiger partial charge in [0.05, 0.1) is 10.7 Å². The molecule has 0 aliphatic rings. The lowest BCUT2D eigenvalue weighted by Crippen LogP contribution is -2.14. The van der Waals surface area contributed by atoms with Crippen LogP contribution >= 0.6 is 23.8 Å². The minimum atomic E-state index is -1.11. The first-order valence-corrected chi connectivity index (χ1v) is 6.64. The number of hydrogen-bond acceptors (Lipinski definition) is 2. The average molecular weight is 331 g/mol. The molecule has 0 bridgehead atoms. The molecular formula is C14H10ClF3N2S. The van der Waals surface area contributed by atoms with Crippen LogP contribution in [0.4, 0.5) is 18.9 Å². The Morgan fingerprint density at radius 1 is 1.14 bits per heavy atom. The maximum absolute atomic E-state index is 13.8. The van der Waals surface area contributed by atoms with E-state index < -0.39 is 17.5 Å². The van der Waals surface area contributed by atoms with Crippen molar-refractivity contribution in [3.05, 3.63) is 63.9 Å². The van der Waals surface area contributed by atoms with Crippen LogP contribution in [0.15, 0.2) is 30.3 Å². The van der Waals surface area contributed by atoms with Crippen LogP contribution in [0.25, 0.3) is 0 Å². The molecule has 7 heteroatoms. The fraction of sp³-hybridized carbons (Fsp3) is 0.0714. The molecule has 0 unspecified atom stereocenters. The molecule has 0 aliphatic heterocycles. The third-order valence-corrected chi connectivity index (χ3v) is 3.32. The van der Waals surface area contributed by atoms with Crippen molar-refractivity contribution < 1.29 is 13.2 Å². The van der Waals surface area contributed by atoms with Gasteiger partial charge in [-0.05, 0) is 29.8 Å². The zero-order chi connectivity index (χ0) is 15.6. The second kappa shape index (κ2) is 6.32. The van der Waals surface area contributed by atoms with Gasteiger partial charge in [0.1, 0.15) is 10.8 Å². The monoisotopic (exact) mass is 330 g/mol. The number of rotatable bonds is 4. The van der Waals surface area contributed by atoms with Crippen LogP contribution < -0.4 is 11.1 Å². The van der Waals surface area contributed by atoms with Gasteiger partial charge in [-0.2, -0.15) is 0 Å². The first-order chi connectivity index (χ1) is 9.90. The number of benzene rings is 2. The standard InChI is InChI=1S/C14H10ClF3N2S/c15-9-5-7(1-3-10(9)16)6-20-11-4-2-8(14(19)21)12(17)13(11)18/h1-5,20H,6H2,(H2,19,21). The molecular weight excluding hydrogens is 321 g/mol. The van der Waals surface area contributed by atoms with E-state index in [2.05, 4.69) is 17.5 Å². The summed E-state index contributed by atoms with van der Waals surface area (Å²) in [6, 6.07) is 6.72. The summed E-state index contributed by atoms with van der Waals surface area (Å²) in [7, 11) is 0. The molecule has 3 N–H and O–H groups in total. The van der Waals surface area contributed by atoms with Crippen molar-refractivity contribution >= 4 is 34.5 Å². The summed E-state index contributed by atoms with van der Waals surface area (Å²) in [5, 5.41) is 2.67. The number of thiocarbonyl (C=S) groups is 1. The van der Waals surface area contributed by atoms with Gasteiger partial charge in [-0.3, -0.25) is 0 Å². The second-order valence-electron chi connectivity index (χ2n) is 4.25. The SMILES string of the molecule is NC(=S)c1ccc(NCc2ccc(F)c(Cl)c2)c(F)c1F. The number of halogens is 4. The quantitative estimate of drug-likeness (QED) is 0.832. The van der Waals surface area contributed by atoms with E-state index in [-0.39, 0.29) is 27.8 Å². The molecule has 110 valence electrons. The largest absolute Gasteiger partial charge is 0.389 e. The summed E-state index contributed by atoms with van der Waals surface area (Å²) < 4.78 is 40.5. The number of nitrogens with two attached hydrogens (primary N) is 1. The molecule has 2 nitrogen and oxygen atoms in total. The molecule has 2 rings (SSSR count). The summed E-state index contributed by atoms with van der Waals surface area (Å²) in [6.07, 6.45) is 0. The van der Waals surface area contributed by atoms with E-state index in [4.69, 9.17) is 17.3 Å². The summed E-state index contributed by atoms with van der Waals surface area (Å²) in [4.78, 5) is -0.219. The van der Waals surface area contributed by atoms with Gasteiger partial charge < -0.3 is 11.1 Å². The lowest BCUT2D eigenvalue weighted by Gasteiger charge is -2.10. The van der Waals surface area contributed by atoms with Gasteiger partial charge in [0, 0.05) is 12.1 Å². The molecule has 0 spiro atoms. The van der Waals surface area contributed by atoms with E-state index in [1.165, 1.54) is 30.3 Å². The highest BCUT2D eigenvalue weighted by Gasteiger charge is 2.14. The second-order valence-corrected chi connectivity index (χ2v) is 5.10. The molecule has 0 radical (unpaired) electrons. The Balaban J connectivity index is 2.18. The van der Waals surface area contributed by atoms with Crippen molar-refractivity contribution in [3.63, 3.8) is 0 Å². The van der Waals surface area contributed by atoms with Gasteiger partial charge in [-0.1, -0.05) is 29.9 Å². The minimum absolute atomic E-state index is 0.0372. The van der Waals surface area contributed by atoms with E-state index >= 15 is 0 Å². The van der Waals surface area contributed by atoms with Gasteiger partial charge in [0.25, 0.3) is 0 Å². The topological polar surface area (TPSA) is 38.0 Å². The van der Waals surface area contributed by atoms with E-state index in [0.717, 1.165) is 0 Å². The number of nitrogens with one attached hydrogen (secondary N) is 1. The van der Waals surface area contributed by atoms with Crippen molar-refractivity contribution in [1.82, 2.24) is 0 Å². The molecule has 21 heavy (non-hydrogen) atoms. The molecule has 2 aromatic rings. The Labute approximate surface area is 129 Å². The fourth-order valence-corrected chi connectivity index (χ4v) is 2.08. The van der Waals surface area contributed by atoms with Crippen molar-refractivity contribution in [2.24, 2.45) is 5.73 Å². The van der Waals surface area contributed by atoms with E-state index in [9.17, 15) is 13.2 Å². The summed E-state index contributed by atoms with van der Waals surface area (Å²) >= 11 is 10.3. The van der Waals surface area contributed by atoms with Crippen LogP contribution in [0.1, 0.15) is 11.1 Å². The first kappa shape index (κ1) is 15.6. The Kier molecular flexibility index (Phi) is 4.69. The Hall–Kier alpha value is -1.79. The Morgan fingerprint density at radius 2 is 1.86 bits per heavy atom. The summed E-state index contributed by atoms with van der Waals surface area (Å²) in [5.41, 5.74) is 5.71. The maximum Gasteiger partial charge on any atom is 0.182 e. The number of hydrogen-bond donors (Lipinski definition) is 2. The Bertz CT molecular complexity index is 707. The summed E-state index contributed by atoms with van der Waals surface area (Å²) in [5.74, 6) is -2.73. The summed E-state index contributed by atoms with van der Waals surface area (Å²) in [6.45, 7) is 0.156. The van der Waals surface area contributed by atoms with E-state index in [1.807, 2.05) is 0 Å². The zero-order valence-corrected chi connectivity index (χ0v) is 12.2. The zero-order valence-electron chi connectivity index (χ0n) is 10.6. The average Bonchev–Trinajstić information content (AvgIpc) is 2.43. The van der Waals surface area contributed by atoms with Crippen LogP contribution in [-0.4, -0.2) is 4.99 Å². The fourth-order valence-electron chi connectivity index (χ4n) is 1.72. The lowest BCUT2D eigenvalue weighted by molar-refractivity contribution is 0.509. The predicted molar refractivity (Wildman–Crippen MR) is 81.0 cm³/mol. The van der Waals surface area contributed by atoms with Crippen molar-refractivity contribution in [3.8, 4) is 0 Å². The molecule has 0 aliphatic carbocycles. The molecule has 0 heterocycles. The molecule has 0 fully saturated rings. The van der Waals surface area contributed by atoms with Crippen LogP contribution in [0.5, 0.6) is 0 Å². The minimum Gasteiger partial charge on any atom is -0.389 e. The third kappa shape index (κ3) is 3.46. The molecule has 0 saturated heterocycles. The van der Waals surface area contributed by atoms with Gasteiger partial charge in [-0.25, -0.2) is 13.2 Å². The molecule has 0 atom stereocenters. The third-order valence-electron chi connectivity index (χ3n) is 2.81. The predicted octanol–water partition coefficient (Wildman–Crippen LogP) is 4.00. The van der Waals surface area contributed by atoms with Gasteiger partial charge in [0.15, 0.2) is 11.6 Å².